The van der Waals surface area contributed by atoms with Gasteiger partial charge >= 0.3 is 0 Å². The fraction of sp³-hybridized carbons (Fsp3) is 0.0833. The smallest absolute Gasteiger partial charge is 0.225 e. The Balaban J connectivity index is 2.31. The molecule has 96 valence electrons. The Kier molecular flexibility index (Phi) is 3.16. The largest absolute Gasteiger partial charge is 0.334 e. The fourth-order valence-electron chi connectivity index (χ4n) is 1.88. The molecule has 0 amide bonds. The first kappa shape index (κ1) is 12.8. The lowest BCUT2D eigenvalue weighted by molar-refractivity contribution is 0.103. The van der Waals surface area contributed by atoms with Crippen LogP contribution in [0.25, 0.3) is 11.0 Å². The summed E-state index contributed by atoms with van der Waals surface area (Å²) in [6.07, 6.45) is 1.83. The lowest BCUT2D eigenvalue weighted by Crippen LogP contribution is -2.05. The Hall–Kier alpha value is -1.24. The predicted octanol–water partition coefficient (Wildman–Crippen LogP) is 3.68. The topological polar surface area (TPSA) is 47.8 Å². The number of aromatic nitrogens is 3. The van der Waals surface area contributed by atoms with Crippen LogP contribution in [0.5, 0.6) is 0 Å². The van der Waals surface area contributed by atoms with Gasteiger partial charge in [-0.25, -0.2) is 4.98 Å². The quantitative estimate of drug-likeness (QED) is 0.520. The summed E-state index contributed by atoms with van der Waals surface area (Å²) in [5.74, 6) is -0.142. The number of rotatable bonds is 2. The summed E-state index contributed by atoms with van der Waals surface area (Å²) in [6.45, 7) is 0. The van der Waals surface area contributed by atoms with Crippen molar-refractivity contribution in [3.63, 3.8) is 0 Å². The van der Waals surface area contributed by atoms with E-state index in [-0.39, 0.29) is 11.1 Å². The molecule has 0 saturated carbocycles. The van der Waals surface area contributed by atoms with Gasteiger partial charge in [-0.15, -0.1) is 11.3 Å². The minimum atomic E-state index is -0.142. The number of carbonyl (C=O) groups is 1. The molecule has 0 aliphatic heterocycles. The first-order valence-electron chi connectivity index (χ1n) is 5.34. The summed E-state index contributed by atoms with van der Waals surface area (Å²) < 4.78 is 2.58. The second kappa shape index (κ2) is 4.70. The van der Waals surface area contributed by atoms with Gasteiger partial charge < -0.3 is 4.57 Å². The van der Waals surface area contributed by atoms with Crippen LogP contribution < -0.4 is 0 Å². The molecule has 0 spiro atoms. The third-order valence-electron chi connectivity index (χ3n) is 2.70. The molecule has 19 heavy (non-hydrogen) atoms. The molecule has 0 unspecified atom stereocenters. The zero-order valence-corrected chi connectivity index (χ0v) is 12.9. The van der Waals surface area contributed by atoms with Gasteiger partial charge in [0.2, 0.25) is 11.1 Å². The number of thiophene rings is 1. The average Bonchev–Trinajstić information content (AvgIpc) is 2.98. The van der Waals surface area contributed by atoms with Crippen molar-refractivity contribution >= 4 is 55.7 Å². The molecule has 0 N–H and O–H groups in total. The third-order valence-corrected chi connectivity index (χ3v) is 4.34. The van der Waals surface area contributed by atoms with E-state index < -0.39 is 0 Å². The first-order valence-corrected chi connectivity index (χ1v) is 7.39. The van der Waals surface area contributed by atoms with Crippen molar-refractivity contribution in [1.82, 2.24) is 14.5 Å². The Morgan fingerprint density at radius 3 is 2.95 bits per heavy atom. The maximum atomic E-state index is 12.5. The molecule has 0 fully saturated rings. The van der Waals surface area contributed by atoms with Gasteiger partial charge in [0, 0.05) is 17.7 Å². The normalized spacial score (nSPS) is 11.1. The van der Waals surface area contributed by atoms with Crippen LogP contribution in [0.1, 0.15) is 15.4 Å². The summed E-state index contributed by atoms with van der Waals surface area (Å²) in [6, 6.07) is 3.60. The van der Waals surface area contributed by atoms with Crippen molar-refractivity contribution in [3.8, 4) is 0 Å². The minimum absolute atomic E-state index is 0.0705. The highest BCUT2D eigenvalue weighted by atomic mass is 79.9. The van der Waals surface area contributed by atoms with Crippen LogP contribution in [0.4, 0.5) is 0 Å². The van der Waals surface area contributed by atoms with E-state index in [1.807, 2.05) is 24.7 Å². The monoisotopic (exact) mass is 355 g/mol. The van der Waals surface area contributed by atoms with Gasteiger partial charge in [0.05, 0.1) is 10.3 Å². The van der Waals surface area contributed by atoms with Gasteiger partial charge in [-0.05, 0) is 39.0 Å². The number of aryl methyl sites for hydroxylation is 1. The second-order valence-corrected chi connectivity index (χ2v) is 6.07. The molecular formula is C12H7BrClN3OS. The van der Waals surface area contributed by atoms with Crippen LogP contribution >= 0.6 is 38.9 Å². The summed E-state index contributed by atoms with van der Waals surface area (Å²) in [7, 11) is 1.84. The summed E-state index contributed by atoms with van der Waals surface area (Å²) >= 11 is 10.7. The van der Waals surface area contributed by atoms with Crippen LogP contribution in [-0.2, 0) is 7.05 Å². The van der Waals surface area contributed by atoms with Gasteiger partial charge in [-0.3, -0.25) is 4.79 Å². The van der Waals surface area contributed by atoms with Crippen LogP contribution in [0.2, 0.25) is 5.28 Å². The van der Waals surface area contributed by atoms with Crippen molar-refractivity contribution < 1.29 is 4.79 Å². The molecule has 3 aromatic heterocycles. The molecule has 0 aromatic carbocycles. The van der Waals surface area contributed by atoms with Crippen LogP contribution in [0.3, 0.4) is 0 Å². The van der Waals surface area contributed by atoms with E-state index >= 15 is 0 Å². The number of halogens is 2. The molecule has 0 saturated heterocycles. The summed E-state index contributed by atoms with van der Waals surface area (Å²) in [5, 5.41) is 2.61. The van der Waals surface area contributed by atoms with E-state index in [4.69, 9.17) is 11.6 Å². The van der Waals surface area contributed by atoms with Crippen molar-refractivity contribution in [2.45, 2.75) is 0 Å². The Bertz CT molecular complexity index is 782. The number of hydrogen-bond donors (Lipinski definition) is 0. The molecule has 0 radical (unpaired) electrons. The third kappa shape index (κ3) is 2.09. The summed E-state index contributed by atoms with van der Waals surface area (Å²) in [4.78, 5) is 21.4. The molecule has 4 nitrogen and oxygen atoms in total. The number of nitrogens with zero attached hydrogens (tertiary/aromatic N) is 3. The molecule has 3 rings (SSSR count). The molecule has 0 aliphatic carbocycles. The van der Waals surface area contributed by atoms with Gasteiger partial charge in [0.25, 0.3) is 0 Å². The highest BCUT2D eigenvalue weighted by Gasteiger charge is 2.21. The second-order valence-electron chi connectivity index (χ2n) is 3.93. The highest BCUT2D eigenvalue weighted by molar-refractivity contribution is 9.10. The van der Waals surface area contributed by atoms with Crippen molar-refractivity contribution in [3.05, 3.63) is 44.0 Å². The first-order chi connectivity index (χ1) is 9.08. The Morgan fingerprint density at radius 2 is 2.26 bits per heavy atom. The Morgan fingerprint density at radius 1 is 1.47 bits per heavy atom. The van der Waals surface area contributed by atoms with Gasteiger partial charge in [0.15, 0.2) is 0 Å². The van der Waals surface area contributed by atoms with Gasteiger partial charge in [-0.2, -0.15) is 4.98 Å². The highest BCUT2D eigenvalue weighted by Crippen LogP contribution is 2.29. The zero-order valence-electron chi connectivity index (χ0n) is 9.72. The molecule has 3 heterocycles. The van der Waals surface area contributed by atoms with E-state index in [1.54, 1.807) is 10.6 Å². The van der Waals surface area contributed by atoms with Gasteiger partial charge in [0.1, 0.15) is 11.3 Å². The summed E-state index contributed by atoms with van der Waals surface area (Å²) in [5.41, 5.74) is 0.955. The standard InChI is InChI=1S/C12H7BrClN3OS/c1-17-5-6(13)8-9(15-12(14)16-11(8)17)10(18)7-3-2-4-19-7/h2-5H,1H3. The number of hydrogen-bond acceptors (Lipinski definition) is 4. The molecule has 3 aromatic rings. The maximum Gasteiger partial charge on any atom is 0.225 e. The molecular weight excluding hydrogens is 350 g/mol. The zero-order chi connectivity index (χ0) is 13.6. The van der Waals surface area contributed by atoms with E-state index in [2.05, 4.69) is 25.9 Å². The van der Waals surface area contributed by atoms with Gasteiger partial charge in [-0.1, -0.05) is 6.07 Å². The van der Waals surface area contributed by atoms with Crippen molar-refractivity contribution in [2.75, 3.05) is 0 Å². The fourth-order valence-corrected chi connectivity index (χ4v) is 3.38. The van der Waals surface area contributed by atoms with Crippen molar-refractivity contribution in [1.29, 1.82) is 0 Å². The lowest BCUT2D eigenvalue weighted by atomic mass is 10.2. The number of carbonyl (C=O) groups excluding carboxylic acids is 1. The SMILES string of the molecule is Cn1cc(Br)c2c(C(=O)c3cccs3)nc(Cl)nc21. The molecule has 7 heteroatoms. The maximum absolute atomic E-state index is 12.5. The van der Waals surface area contributed by atoms with E-state index in [9.17, 15) is 4.79 Å². The Labute approximate surface area is 126 Å². The van der Waals surface area contributed by atoms with Crippen LogP contribution in [-0.4, -0.2) is 20.3 Å². The van der Waals surface area contributed by atoms with E-state index in [0.29, 0.717) is 21.6 Å². The van der Waals surface area contributed by atoms with Crippen molar-refractivity contribution in [2.24, 2.45) is 7.05 Å². The predicted molar refractivity (Wildman–Crippen MR) is 79.0 cm³/mol. The van der Waals surface area contributed by atoms with E-state index in [1.165, 1.54) is 11.3 Å². The minimum Gasteiger partial charge on any atom is -0.334 e. The number of fused-ring (bicyclic) bond motifs is 1. The van der Waals surface area contributed by atoms with E-state index in [0.717, 1.165) is 4.47 Å². The lowest BCUT2D eigenvalue weighted by Gasteiger charge is -2.02. The number of ketones is 1. The molecule has 0 aliphatic rings. The van der Waals surface area contributed by atoms with Crippen LogP contribution in [0.15, 0.2) is 28.2 Å². The average molecular weight is 357 g/mol. The molecule has 0 atom stereocenters. The molecule has 0 bridgehead atoms. The van der Waals surface area contributed by atoms with Crippen LogP contribution in [0, 0.1) is 0 Å².